The van der Waals surface area contributed by atoms with Crippen molar-refractivity contribution in [1.82, 2.24) is 15.2 Å². The average Bonchev–Trinajstić information content (AvgIpc) is 3.28. The van der Waals surface area contributed by atoms with E-state index in [4.69, 9.17) is 5.11 Å². The molecule has 0 radical (unpaired) electrons. The minimum Gasteiger partial charge on any atom is -0.476 e. The number of thioether (sulfide) groups is 1. The van der Waals surface area contributed by atoms with Crippen LogP contribution in [-0.2, 0) is 4.79 Å². The summed E-state index contributed by atoms with van der Waals surface area (Å²) < 4.78 is 0.728. The Hall–Kier alpha value is -1.90. The predicted octanol–water partition coefficient (Wildman–Crippen LogP) is 3.28. The van der Waals surface area contributed by atoms with Crippen molar-refractivity contribution in [1.29, 1.82) is 0 Å². The lowest BCUT2D eigenvalue weighted by atomic mass is 10.1. The minimum atomic E-state index is -1.01. The van der Waals surface area contributed by atoms with Crippen LogP contribution in [0.2, 0.25) is 0 Å². The van der Waals surface area contributed by atoms with Gasteiger partial charge in [0.2, 0.25) is 5.91 Å². The summed E-state index contributed by atoms with van der Waals surface area (Å²) in [6.07, 6.45) is 1.47. The number of nitrogens with zero attached hydrogens (tertiary/aromatic N) is 2. The molecule has 2 N–H and O–H groups in total. The lowest BCUT2D eigenvalue weighted by Crippen LogP contribution is -2.41. The first-order valence-electron chi connectivity index (χ1n) is 8.94. The van der Waals surface area contributed by atoms with E-state index in [-0.39, 0.29) is 23.7 Å². The Bertz CT molecular complexity index is 782. The second-order valence-electron chi connectivity index (χ2n) is 6.47. The van der Waals surface area contributed by atoms with Gasteiger partial charge in [-0.05, 0) is 18.9 Å². The van der Waals surface area contributed by atoms with Gasteiger partial charge in [-0.1, -0.05) is 42.1 Å². The van der Waals surface area contributed by atoms with Crippen LogP contribution in [0.3, 0.4) is 0 Å². The summed E-state index contributed by atoms with van der Waals surface area (Å²) in [6, 6.07) is 10.7. The molecule has 27 heavy (non-hydrogen) atoms. The number of carbonyl (C=O) groups excluding carboxylic acids is 1. The van der Waals surface area contributed by atoms with E-state index in [0.717, 1.165) is 17.3 Å². The topological polar surface area (TPSA) is 82.5 Å². The molecule has 0 bridgehead atoms. The van der Waals surface area contributed by atoms with Gasteiger partial charge in [0.1, 0.15) is 0 Å². The van der Waals surface area contributed by atoms with Crippen LogP contribution in [0.1, 0.15) is 41.9 Å². The van der Waals surface area contributed by atoms with Crippen LogP contribution in [-0.4, -0.2) is 51.8 Å². The van der Waals surface area contributed by atoms with Gasteiger partial charge in [-0.15, -0.1) is 11.3 Å². The van der Waals surface area contributed by atoms with Crippen LogP contribution in [0, 0.1) is 0 Å². The molecule has 3 rings (SSSR count). The molecule has 0 saturated carbocycles. The predicted molar refractivity (Wildman–Crippen MR) is 107 cm³/mol. The van der Waals surface area contributed by atoms with E-state index >= 15 is 0 Å². The maximum atomic E-state index is 12.2. The van der Waals surface area contributed by atoms with E-state index in [0.29, 0.717) is 18.7 Å². The largest absolute Gasteiger partial charge is 0.476 e. The van der Waals surface area contributed by atoms with E-state index in [1.807, 2.05) is 23.1 Å². The Morgan fingerprint density at radius 1 is 1.44 bits per heavy atom. The molecule has 0 aliphatic carbocycles. The SMILES string of the molecule is CC(NCC1CCC(=O)N1CCSc1nc(C(=O)O)cs1)c1ccccc1. The molecule has 1 aliphatic rings. The number of benzene rings is 1. The van der Waals surface area contributed by atoms with Gasteiger partial charge in [-0.2, -0.15) is 0 Å². The molecule has 2 atom stereocenters. The molecule has 1 aromatic carbocycles. The number of rotatable bonds is 9. The molecule has 144 valence electrons. The standard InChI is InChI=1S/C19H23N3O3S2/c1-13(14-5-3-2-4-6-14)20-11-15-7-8-17(23)22(15)9-10-26-19-21-16(12-27-19)18(24)25/h2-6,12-13,15,20H,7-11H2,1H3,(H,24,25). The van der Waals surface area contributed by atoms with Gasteiger partial charge in [0.15, 0.2) is 10.0 Å². The van der Waals surface area contributed by atoms with Crippen LogP contribution in [0.5, 0.6) is 0 Å². The van der Waals surface area contributed by atoms with Crippen LogP contribution in [0.4, 0.5) is 0 Å². The van der Waals surface area contributed by atoms with Gasteiger partial charge in [0.25, 0.3) is 0 Å². The van der Waals surface area contributed by atoms with Crippen molar-refractivity contribution in [2.75, 3.05) is 18.8 Å². The highest BCUT2D eigenvalue weighted by atomic mass is 32.2. The highest BCUT2D eigenvalue weighted by Gasteiger charge is 2.30. The molecule has 1 aliphatic heterocycles. The normalized spacial score (nSPS) is 18.0. The monoisotopic (exact) mass is 405 g/mol. The molecule has 1 saturated heterocycles. The Labute approximate surface area is 167 Å². The van der Waals surface area contributed by atoms with Crippen molar-refractivity contribution >= 4 is 35.0 Å². The van der Waals surface area contributed by atoms with Gasteiger partial charge in [0.05, 0.1) is 0 Å². The number of carbonyl (C=O) groups is 2. The lowest BCUT2D eigenvalue weighted by Gasteiger charge is -2.26. The first kappa shape index (κ1) is 19.9. The van der Waals surface area contributed by atoms with Gasteiger partial charge in [-0.3, -0.25) is 4.79 Å². The lowest BCUT2D eigenvalue weighted by molar-refractivity contribution is -0.128. The zero-order chi connectivity index (χ0) is 19.2. The van der Waals surface area contributed by atoms with Crippen molar-refractivity contribution in [3.8, 4) is 0 Å². The summed E-state index contributed by atoms with van der Waals surface area (Å²) in [4.78, 5) is 29.1. The molecule has 2 unspecified atom stereocenters. The third kappa shape index (κ3) is 5.31. The molecule has 1 aromatic heterocycles. The molecule has 8 heteroatoms. The van der Waals surface area contributed by atoms with E-state index in [9.17, 15) is 9.59 Å². The molecule has 2 heterocycles. The average molecular weight is 406 g/mol. The number of nitrogens with one attached hydrogen (secondary N) is 1. The molecule has 0 spiro atoms. The fraction of sp³-hybridized carbons (Fsp3) is 0.421. The minimum absolute atomic E-state index is 0.0803. The number of thiazole rings is 1. The van der Waals surface area contributed by atoms with E-state index in [1.54, 1.807) is 5.38 Å². The summed E-state index contributed by atoms with van der Waals surface area (Å²) >= 11 is 2.83. The van der Waals surface area contributed by atoms with Gasteiger partial charge in [-0.25, -0.2) is 9.78 Å². The smallest absolute Gasteiger partial charge is 0.355 e. The first-order valence-corrected chi connectivity index (χ1v) is 10.8. The number of hydrogen-bond acceptors (Lipinski definition) is 6. The molecule has 6 nitrogen and oxygen atoms in total. The van der Waals surface area contributed by atoms with Crippen LogP contribution >= 0.6 is 23.1 Å². The molecule has 2 aromatic rings. The maximum Gasteiger partial charge on any atom is 0.355 e. The van der Waals surface area contributed by atoms with Crippen molar-refractivity contribution in [3.05, 3.63) is 47.0 Å². The second kappa shape index (κ2) is 9.34. The quantitative estimate of drug-likeness (QED) is 0.623. The zero-order valence-electron chi connectivity index (χ0n) is 15.1. The number of hydrogen-bond donors (Lipinski definition) is 2. The molecule has 1 amide bonds. The maximum absolute atomic E-state index is 12.2. The number of carboxylic acids is 1. The van der Waals surface area contributed by atoms with Crippen molar-refractivity contribution in [2.45, 2.75) is 36.2 Å². The van der Waals surface area contributed by atoms with Crippen molar-refractivity contribution in [2.24, 2.45) is 0 Å². The van der Waals surface area contributed by atoms with Gasteiger partial charge >= 0.3 is 5.97 Å². The highest BCUT2D eigenvalue weighted by molar-refractivity contribution is 8.01. The van der Waals surface area contributed by atoms with Crippen molar-refractivity contribution < 1.29 is 14.7 Å². The number of aromatic carboxylic acids is 1. The number of amides is 1. The van der Waals surface area contributed by atoms with Crippen LogP contribution in [0.15, 0.2) is 40.1 Å². The summed E-state index contributed by atoms with van der Waals surface area (Å²) in [5.41, 5.74) is 1.32. The summed E-state index contributed by atoms with van der Waals surface area (Å²) in [5, 5.41) is 14.0. The highest BCUT2D eigenvalue weighted by Crippen LogP contribution is 2.25. The van der Waals surface area contributed by atoms with E-state index in [1.165, 1.54) is 28.7 Å². The number of likely N-dealkylation sites (tertiary alicyclic amines) is 1. The second-order valence-corrected chi connectivity index (χ2v) is 8.67. The Morgan fingerprint density at radius 2 is 2.22 bits per heavy atom. The first-order chi connectivity index (χ1) is 13.0. The molecular formula is C19H23N3O3S2. The zero-order valence-corrected chi connectivity index (χ0v) is 16.8. The van der Waals surface area contributed by atoms with Gasteiger partial charge in [0, 0.05) is 42.7 Å². The fourth-order valence-electron chi connectivity index (χ4n) is 3.14. The number of aromatic nitrogens is 1. The summed E-state index contributed by atoms with van der Waals surface area (Å²) in [5.74, 6) is -0.102. The Morgan fingerprint density at radius 3 is 2.93 bits per heavy atom. The molecule has 1 fully saturated rings. The third-order valence-electron chi connectivity index (χ3n) is 4.67. The molecular weight excluding hydrogens is 382 g/mol. The third-order valence-corrected chi connectivity index (χ3v) is 6.67. The number of carboxylic acid groups (broad SMARTS) is 1. The van der Waals surface area contributed by atoms with Crippen LogP contribution in [0.25, 0.3) is 0 Å². The summed E-state index contributed by atoms with van der Waals surface area (Å²) in [6.45, 7) is 3.55. The summed E-state index contributed by atoms with van der Waals surface area (Å²) in [7, 11) is 0. The van der Waals surface area contributed by atoms with E-state index < -0.39 is 5.97 Å². The Balaban J connectivity index is 1.48. The van der Waals surface area contributed by atoms with Gasteiger partial charge < -0.3 is 15.3 Å². The fourth-order valence-corrected chi connectivity index (χ4v) is 4.95. The Kier molecular flexibility index (Phi) is 6.87. The van der Waals surface area contributed by atoms with Crippen LogP contribution < -0.4 is 5.32 Å². The van der Waals surface area contributed by atoms with E-state index in [2.05, 4.69) is 29.4 Å². The van der Waals surface area contributed by atoms with Crippen molar-refractivity contribution in [3.63, 3.8) is 0 Å².